The van der Waals surface area contributed by atoms with Crippen molar-refractivity contribution in [3.05, 3.63) is 17.1 Å². The number of carbonyl (C=O) groups is 1. The third-order valence-electron chi connectivity index (χ3n) is 3.33. The van der Waals surface area contributed by atoms with Gasteiger partial charge >= 0.3 is 0 Å². The lowest BCUT2D eigenvalue weighted by Gasteiger charge is -2.19. The van der Waals surface area contributed by atoms with E-state index >= 15 is 0 Å². The fourth-order valence-electron chi connectivity index (χ4n) is 2.19. The molecule has 0 radical (unpaired) electrons. The van der Waals surface area contributed by atoms with E-state index in [1.54, 1.807) is 12.3 Å². The van der Waals surface area contributed by atoms with Gasteiger partial charge in [0.05, 0.1) is 11.9 Å². The summed E-state index contributed by atoms with van der Waals surface area (Å²) in [6.07, 6.45) is 2.70. The van der Waals surface area contributed by atoms with E-state index in [4.69, 9.17) is 5.73 Å². The largest absolute Gasteiger partial charge is 0.397 e. The van der Waals surface area contributed by atoms with Crippen LogP contribution < -0.4 is 11.1 Å². The standard InChI is InChI=1S/C14H21N5OS/c1-3-8-19(4-2)9-7-16-13(20)12-11(15)10-5-6-17-18-14(10)21-12/h5-6H,3-4,7-9,15H2,1-2H3,(H,16,20). The minimum absolute atomic E-state index is 0.136. The maximum atomic E-state index is 12.2. The highest BCUT2D eigenvalue weighted by Crippen LogP contribution is 2.31. The first kappa shape index (κ1) is 15.7. The monoisotopic (exact) mass is 307 g/mol. The van der Waals surface area contributed by atoms with E-state index in [0.29, 0.717) is 21.9 Å². The van der Waals surface area contributed by atoms with Crippen LogP contribution in [-0.4, -0.2) is 47.2 Å². The van der Waals surface area contributed by atoms with E-state index in [9.17, 15) is 4.79 Å². The molecule has 0 aromatic carbocycles. The first-order valence-electron chi connectivity index (χ1n) is 7.17. The summed E-state index contributed by atoms with van der Waals surface area (Å²) < 4.78 is 0. The zero-order chi connectivity index (χ0) is 15.2. The van der Waals surface area contributed by atoms with Gasteiger partial charge in [-0.3, -0.25) is 4.79 Å². The predicted octanol–water partition coefficient (Wildman–Crippen LogP) is 1.74. The van der Waals surface area contributed by atoms with Crippen LogP contribution in [0.2, 0.25) is 0 Å². The molecule has 2 rings (SSSR count). The molecular formula is C14H21N5OS. The molecule has 0 saturated carbocycles. The lowest BCUT2D eigenvalue weighted by Crippen LogP contribution is -2.35. The van der Waals surface area contributed by atoms with Crippen LogP contribution in [0.4, 0.5) is 5.69 Å². The number of aromatic nitrogens is 2. The van der Waals surface area contributed by atoms with Crippen molar-refractivity contribution in [2.45, 2.75) is 20.3 Å². The Morgan fingerprint density at radius 2 is 2.24 bits per heavy atom. The Balaban J connectivity index is 1.97. The lowest BCUT2D eigenvalue weighted by molar-refractivity contribution is 0.0953. The van der Waals surface area contributed by atoms with Gasteiger partial charge in [-0.15, -0.1) is 16.4 Å². The first-order chi connectivity index (χ1) is 10.2. The number of amides is 1. The second kappa shape index (κ2) is 7.33. The van der Waals surface area contributed by atoms with Crippen molar-refractivity contribution in [3.63, 3.8) is 0 Å². The maximum Gasteiger partial charge on any atom is 0.263 e. The highest BCUT2D eigenvalue weighted by molar-refractivity contribution is 7.21. The predicted molar refractivity (Wildman–Crippen MR) is 86.6 cm³/mol. The van der Waals surface area contributed by atoms with Crippen LogP contribution in [0.25, 0.3) is 10.2 Å². The number of anilines is 1. The van der Waals surface area contributed by atoms with Crippen molar-refractivity contribution >= 4 is 33.1 Å². The van der Waals surface area contributed by atoms with Crippen LogP contribution in [0.15, 0.2) is 12.3 Å². The molecule has 0 fully saturated rings. The van der Waals surface area contributed by atoms with Gasteiger partial charge in [-0.05, 0) is 25.6 Å². The van der Waals surface area contributed by atoms with Crippen LogP contribution in [0.3, 0.4) is 0 Å². The van der Waals surface area contributed by atoms with Crippen LogP contribution in [0.1, 0.15) is 29.9 Å². The van der Waals surface area contributed by atoms with Crippen molar-refractivity contribution < 1.29 is 4.79 Å². The van der Waals surface area contributed by atoms with Crippen molar-refractivity contribution in [1.82, 2.24) is 20.4 Å². The van der Waals surface area contributed by atoms with Crippen molar-refractivity contribution in [1.29, 1.82) is 0 Å². The number of nitrogens with two attached hydrogens (primary N) is 1. The molecule has 7 heteroatoms. The Kier molecular flexibility index (Phi) is 5.46. The SMILES string of the molecule is CCCN(CC)CCNC(=O)c1sc2nnccc2c1N. The molecule has 21 heavy (non-hydrogen) atoms. The number of hydrogen-bond acceptors (Lipinski definition) is 6. The lowest BCUT2D eigenvalue weighted by atomic mass is 10.3. The minimum Gasteiger partial charge on any atom is -0.397 e. The summed E-state index contributed by atoms with van der Waals surface area (Å²) >= 11 is 1.28. The van der Waals surface area contributed by atoms with Crippen molar-refractivity contribution in [3.8, 4) is 0 Å². The zero-order valence-electron chi connectivity index (χ0n) is 12.4. The average molecular weight is 307 g/mol. The summed E-state index contributed by atoms with van der Waals surface area (Å²) in [4.78, 5) is 15.7. The molecule has 0 bridgehead atoms. The number of thiophene rings is 1. The number of rotatable bonds is 7. The van der Waals surface area contributed by atoms with E-state index in [1.165, 1.54) is 11.3 Å². The summed E-state index contributed by atoms with van der Waals surface area (Å²) in [7, 11) is 0. The molecule has 0 spiro atoms. The normalized spacial score (nSPS) is 11.2. The number of nitrogen functional groups attached to an aromatic ring is 1. The van der Waals surface area contributed by atoms with Gasteiger partial charge in [0, 0.05) is 18.5 Å². The van der Waals surface area contributed by atoms with E-state index in [2.05, 4.69) is 34.3 Å². The number of nitrogens with zero attached hydrogens (tertiary/aromatic N) is 3. The Morgan fingerprint density at radius 3 is 2.90 bits per heavy atom. The fourth-order valence-corrected chi connectivity index (χ4v) is 3.15. The van der Waals surface area contributed by atoms with Gasteiger partial charge in [0.25, 0.3) is 5.91 Å². The first-order valence-corrected chi connectivity index (χ1v) is 7.99. The Hall–Kier alpha value is -1.73. The number of likely N-dealkylation sites (N-methyl/N-ethyl adjacent to an activating group) is 1. The number of fused-ring (bicyclic) bond motifs is 1. The van der Waals surface area contributed by atoms with Crippen LogP contribution >= 0.6 is 11.3 Å². The molecule has 3 N–H and O–H groups in total. The summed E-state index contributed by atoms with van der Waals surface area (Å²) in [5.41, 5.74) is 6.51. The van der Waals surface area contributed by atoms with E-state index < -0.39 is 0 Å². The average Bonchev–Trinajstić information content (AvgIpc) is 2.84. The molecule has 0 saturated heterocycles. The summed E-state index contributed by atoms with van der Waals surface area (Å²) in [5, 5.41) is 11.5. The molecule has 0 aliphatic rings. The van der Waals surface area contributed by atoms with Crippen LogP contribution in [0, 0.1) is 0 Å². The van der Waals surface area contributed by atoms with E-state index in [-0.39, 0.29) is 5.91 Å². The molecule has 2 aromatic heterocycles. The molecular weight excluding hydrogens is 286 g/mol. The third kappa shape index (κ3) is 3.68. The number of nitrogens with one attached hydrogen (secondary N) is 1. The van der Waals surface area contributed by atoms with Gasteiger partial charge in [0.1, 0.15) is 9.71 Å². The summed E-state index contributed by atoms with van der Waals surface area (Å²) in [5.74, 6) is -0.136. The number of hydrogen-bond donors (Lipinski definition) is 2. The second-order valence-corrected chi connectivity index (χ2v) is 5.78. The smallest absolute Gasteiger partial charge is 0.263 e. The van der Waals surface area contributed by atoms with Gasteiger partial charge in [-0.1, -0.05) is 13.8 Å². The van der Waals surface area contributed by atoms with Crippen LogP contribution in [-0.2, 0) is 0 Å². The molecule has 114 valence electrons. The Bertz CT molecular complexity index is 612. The fraction of sp³-hybridized carbons (Fsp3) is 0.500. The van der Waals surface area contributed by atoms with Gasteiger partial charge in [0.2, 0.25) is 0 Å². The van der Waals surface area contributed by atoms with Crippen molar-refractivity contribution in [2.24, 2.45) is 0 Å². The molecule has 0 unspecified atom stereocenters. The maximum absolute atomic E-state index is 12.2. The van der Waals surface area contributed by atoms with Gasteiger partial charge < -0.3 is 16.0 Å². The highest BCUT2D eigenvalue weighted by atomic mass is 32.1. The molecule has 0 atom stereocenters. The minimum atomic E-state index is -0.136. The molecule has 6 nitrogen and oxygen atoms in total. The van der Waals surface area contributed by atoms with Gasteiger partial charge in [-0.2, -0.15) is 5.10 Å². The van der Waals surface area contributed by atoms with Crippen molar-refractivity contribution in [2.75, 3.05) is 31.9 Å². The Morgan fingerprint density at radius 1 is 1.43 bits per heavy atom. The zero-order valence-corrected chi connectivity index (χ0v) is 13.2. The molecule has 0 aliphatic heterocycles. The van der Waals surface area contributed by atoms with E-state index in [1.807, 2.05) is 0 Å². The molecule has 2 aromatic rings. The topological polar surface area (TPSA) is 84.1 Å². The molecule has 2 heterocycles. The van der Waals surface area contributed by atoms with Gasteiger partial charge in [0.15, 0.2) is 0 Å². The summed E-state index contributed by atoms with van der Waals surface area (Å²) in [6, 6.07) is 1.78. The molecule has 0 aliphatic carbocycles. The quantitative estimate of drug-likeness (QED) is 0.814. The second-order valence-electron chi connectivity index (χ2n) is 4.79. The van der Waals surface area contributed by atoms with Crippen LogP contribution in [0.5, 0.6) is 0 Å². The molecule has 1 amide bonds. The highest BCUT2D eigenvalue weighted by Gasteiger charge is 2.16. The van der Waals surface area contributed by atoms with Gasteiger partial charge in [-0.25, -0.2) is 0 Å². The third-order valence-corrected chi connectivity index (χ3v) is 4.43. The number of carbonyl (C=O) groups excluding carboxylic acids is 1. The summed E-state index contributed by atoms with van der Waals surface area (Å²) in [6.45, 7) is 7.78. The Labute approximate surface area is 128 Å². The van der Waals surface area contributed by atoms with E-state index in [0.717, 1.165) is 31.4 Å².